The second-order valence-corrected chi connectivity index (χ2v) is 8.91. The van der Waals surface area contributed by atoms with E-state index in [2.05, 4.69) is 20.6 Å². The molecule has 0 radical (unpaired) electrons. The van der Waals surface area contributed by atoms with Crippen molar-refractivity contribution >= 4 is 17.0 Å². The van der Waals surface area contributed by atoms with Gasteiger partial charge in [-0.2, -0.15) is 8.78 Å². The Labute approximate surface area is 195 Å². The molecule has 0 spiro atoms. The summed E-state index contributed by atoms with van der Waals surface area (Å²) in [6, 6.07) is 5.52. The molecule has 1 aromatic heterocycles. The van der Waals surface area contributed by atoms with Gasteiger partial charge in [-0.25, -0.2) is 5.10 Å². The number of carbonyl (C=O) groups excluding carboxylic acids is 1. The van der Waals surface area contributed by atoms with Gasteiger partial charge in [-0.1, -0.05) is 55.0 Å². The molecule has 2 aromatic rings. The van der Waals surface area contributed by atoms with Crippen LogP contribution in [0, 0.1) is 0 Å². The lowest BCUT2D eigenvalue weighted by Crippen LogP contribution is -2.34. The molecule has 1 aromatic carbocycles. The third kappa shape index (κ3) is 7.05. The predicted octanol–water partition coefficient (Wildman–Crippen LogP) is 3.70. The molecule has 2 atom stereocenters. The number of rotatable bonds is 13. The standard InChI is InChI=1S/C22H29F2N5O3S/c1-32-14-16-7-6-8-17(13-16)22(23,24)19(30)11-10-18-15-33-21(31)29(18)12-5-3-2-4-9-20-25-27-28-26-20/h6-8,10-11,13,18-19,30H,2-5,9,12,14-15H2,1H3,(H,25,26,27,28)/b11-10+. The molecule has 1 saturated heterocycles. The minimum absolute atomic E-state index is 0.0640. The smallest absolute Gasteiger partial charge is 0.302 e. The molecule has 180 valence electrons. The van der Waals surface area contributed by atoms with E-state index < -0.39 is 12.0 Å². The number of nitrogens with one attached hydrogen (secondary N) is 1. The van der Waals surface area contributed by atoms with Crippen LogP contribution in [0.25, 0.3) is 0 Å². The van der Waals surface area contributed by atoms with Crippen LogP contribution in [0.1, 0.15) is 42.6 Å². The van der Waals surface area contributed by atoms with Crippen LogP contribution in [0.15, 0.2) is 36.4 Å². The largest absolute Gasteiger partial charge is 0.382 e. The van der Waals surface area contributed by atoms with Crippen molar-refractivity contribution < 1.29 is 23.4 Å². The highest BCUT2D eigenvalue weighted by atomic mass is 32.2. The van der Waals surface area contributed by atoms with Crippen molar-refractivity contribution in [1.29, 1.82) is 0 Å². The van der Waals surface area contributed by atoms with Gasteiger partial charge in [0.2, 0.25) is 0 Å². The number of benzene rings is 1. The van der Waals surface area contributed by atoms with E-state index in [0.717, 1.165) is 44.0 Å². The van der Waals surface area contributed by atoms with Crippen LogP contribution in [0.3, 0.4) is 0 Å². The van der Waals surface area contributed by atoms with E-state index in [0.29, 0.717) is 17.9 Å². The average Bonchev–Trinajstić information content (AvgIpc) is 3.45. The third-order valence-electron chi connectivity index (χ3n) is 5.47. The first kappa shape index (κ1) is 25.3. The molecule has 1 aliphatic rings. The van der Waals surface area contributed by atoms with Gasteiger partial charge >= 0.3 is 5.92 Å². The first-order valence-electron chi connectivity index (χ1n) is 10.9. The van der Waals surface area contributed by atoms with E-state index in [1.54, 1.807) is 11.0 Å². The zero-order valence-corrected chi connectivity index (χ0v) is 19.3. The highest BCUT2D eigenvalue weighted by Gasteiger charge is 2.39. The number of aromatic amines is 1. The van der Waals surface area contributed by atoms with E-state index in [9.17, 15) is 18.7 Å². The number of tetrazole rings is 1. The van der Waals surface area contributed by atoms with Gasteiger partial charge in [-0.3, -0.25) is 4.79 Å². The molecular weight excluding hydrogens is 452 g/mol. The normalized spacial score (nSPS) is 17.9. The van der Waals surface area contributed by atoms with Crippen LogP contribution >= 0.6 is 11.8 Å². The number of amides is 1. The van der Waals surface area contributed by atoms with Gasteiger partial charge in [0.1, 0.15) is 11.9 Å². The van der Waals surface area contributed by atoms with Crippen molar-refractivity contribution in [3.63, 3.8) is 0 Å². The molecular formula is C22H29F2N5O3S. The van der Waals surface area contributed by atoms with Crippen LogP contribution in [0.4, 0.5) is 13.6 Å². The quantitative estimate of drug-likeness (QED) is 0.332. The summed E-state index contributed by atoms with van der Waals surface area (Å²) in [7, 11) is 1.49. The summed E-state index contributed by atoms with van der Waals surface area (Å²) >= 11 is 1.17. The van der Waals surface area contributed by atoms with Crippen molar-refractivity contribution in [1.82, 2.24) is 25.5 Å². The van der Waals surface area contributed by atoms with Crippen molar-refractivity contribution in [3.8, 4) is 0 Å². The van der Waals surface area contributed by atoms with E-state index in [1.165, 1.54) is 43.1 Å². The maximum Gasteiger partial charge on any atom is 0.302 e. The zero-order valence-electron chi connectivity index (χ0n) is 18.5. The number of aliphatic hydroxyl groups is 1. The molecule has 33 heavy (non-hydrogen) atoms. The van der Waals surface area contributed by atoms with Crippen LogP contribution < -0.4 is 0 Å². The number of H-pyrrole nitrogens is 1. The Balaban J connectivity index is 1.49. The lowest BCUT2D eigenvalue weighted by molar-refractivity contribution is -0.0930. The first-order chi connectivity index (χ1) is 15.9. The van der Waals surface area contributed by atoms with Crippen molar-refractivity contribution in [3.05, 3.63) is 53.4 Å². The van der Waals surface area contributed by atoms with Gasteiger partial charge in [0.15, 0.2) is 0 Å². The lowest BCUT2D eigenvalue weighted by Gasteiger charge is -2.24. The van der Waals surface area contributed by atoms with E-state index in [4.69, 9.17) is 4.74 Å². The van der Waals surface area contributed by atoms with Crippen LogP contribution in [-0.2, 0) is 23.7 Å². The number of hydrogen-bond donors (Lipinski definition) is 2. The van der Waals surface area contributed by atoms with Crippen LogP contribution in [-0.4, -0.2) is 67.4 Å². The summed E-state index contributed by atoms with van der Waals surface area (Å²) in [5.74, 6) is -2.22. The number of alkyl halides is 2. The molecule has 0 bridgehead atoms. The molecule has 2 N–H and O–H groups in total. The minimum atomic E-state index is -3.46. The summed E-state index contributed by atoms with van der Waals surface area (Å²) in [4.78, 5) is 13.9. The molecule has 2 heterocycles. The van der Waals surface area contributed by atoms with Crippen molar-refractivity contribution in [2.45, 2.75) is 56.8 Å². The molecule has 8 nitrogen and oxygen atoms in total. The second-order valence-electron chi connectivity index (χ2n) is 7.94. The summed E-state index contributed by atoms with van der Waals surface area (Å²) in [6.45, 7) is 0.764. The van der Waals surface area contributed by atoms with E-state index in [-0.39, 0.29) is 23.5 Å². The zero-order chi connectivity index (χ0) is 23.7. The number of thioether (sulfide) groups is 1. The third-order valence-corrected chi connectivity index (χ3v) is 6.46. The molecule has 0 aliphatic carbocycles. The molecule has 0 saturated carbocycles. The number of halogens is 2. The van der Waals surface area contributed by atoms with E-state index >= 15 is 0 Å². The fourth-order valence-corrected chi connectivity index (χ4v) is 4.65. The predicted molar refractivity (Wildman–Crippen MR) is 121 cm³/mol. The Morgan fingerprint density at radius 2 is 2.18 bits per heavy atom. The maximum absolute atomic E-state index is 14.8. The van der Waals surface area contributed by atoms with E-state index in [1.807, 2.05) is 0 Å². The molecule has 3 rings (SSSR count). The molecule has 2 unspecified atom stereocenters. The Bertz CT molecular complexity index is 913. The number of nitrogens with zero attached hydrogens (tertiary/aromatic N) is 4. The van der Waals surface area contributed by atoms with Crippen LogP contribution in [0.5, 0.6) is 0 Å². The highest BCUT2D eigenvalue weighted by Crippen LogP contribution is 2.34. The number of aromatic nitrogens is 4. The fourth-order valence-electron chi connectivity index (χ4n) is 3.65. The molecule has 1 fully saturated rings. The summed E-state index contributed by atoms with van der Waals surface area (Å²) in [6.07, 6.45) is 5.07. The van der Waals surface area contributed by atoms with Crippen molar-refractivity contribution in [2.75, 3.05) is 19.4 Å². The average molecular weight is 482 g/mol. The number of aryl methyl sites for hydroxylation is 1. The maximum atomic E-state index is 14.8. The van der Waals surface area contributed by atoms with Gasteiger partial charge in [0.05, 0.1) is 12.6 Å². The lowest BCUT2D eigenvalue weighted by atomic mass is 10.00. The first-order valence-corrected chi connectivity index (χ1v) is 11.9. The molecule has 11 heteroatoms. The Morgan fingerprint density at radius 3 is 2.94 bits per heavy atom. The van der Waals surface area contributed by atoms with Gasteiger partial charge < -0.3 is 14.7 Å². The number of hydrogen-bond acceptors (Lipinski definition) is 7. The summed E-state index contributed by atoms with van der Waals surface area (Å²) in [5, 5.41) is 23.8. The van der Waals surface area contributed by atoms with Gasteiger partial charge in [0, 0.05) is 31.4 Å². The SMILES string of the molecule is COCc1cccc(C(F)(F)C(O)/C=C/C2CSC(=O)N2CCCCCCc2nnn[nH]2)c1. The fraction of sp³-hybridized carbons (Fsp3) is 0.545. The van der Waals surface area contributed by atoms with Gasteiger partial charge in [-0.15, -0.1) is 5.10 Å². The summed E-state index contributed by atoms with van der Waals surface area (Å²) in [5.41, 5.74) is 0.330. The van der Waals surface area contributed by atoms with Gasteiger partial charge in [0.25, 0.3) is 5.24 Å². The summed E-state index contributed by atoms with van der Waals surface area (Å²) < 4.78 is 34.6. The van der Waals surface area contributed by atoms with Crippen molar-refractivity contribution in [2.24, 2.45) is 0 Å². The number of carbonyl (C=O) groups is 1. The topological polar surface area (TPSA) is 104 Å². The molecule has 1 aliphatic heterocycles. The minimum Gasteiger partial charge on any atom is -0.382 e. The Morgan fingerprint density at radius 1 is 1.36 bits per heavy atom. The van der Waals surface area contributed by atoms with Gasteiger partial charge in [-0.05, 0) is 34.9 Å². The number of methoxy groups -OCH3 is 1. The molecule has 1 amide bonds. The Hall–Kier alpha value is -2.37. The number of unbranched alkanes of at least 4 members (excludes halogenated alkanes) is 3. The monoisotopic (exact) mass is 481 g/mol. The number of ether oxygens (including phenoxy) is 1. The number of aliphatic hydroxyl groups excluding tert-OH is 1. The highest BCUT2D eigenvalue weighted by molar-refractivity contribution is 8.13. The van der Waals surface area contributed by atoms with Crippen LogP contribution in [0.2, 0.25) is 0 Å². The second kappa shape index (κ2) is 12.2. The Kier molecular flexibility index (Phi) is 9.33.